The summed E-state index contributed by atoms with van der Waals surface area (Å²) < 4.78 is 5.52. The van der Waals surface area contributed by atoms with Gasteiger partial charge in [0.15, 0.2) is 0 Å². The average molecular weight is 246 g/mol. The number of ether oxygens (including phenoxy) is 1. The van der Waals surface area contributed by atoms with Gasteiger partial charge >= 0.3 is 5.97 Å². The van der Waals surface area contributed by atoms with Crippen LogP contribution >= 0.6 is 0 Å². The monoisotopic (exact) mass is 246 g/mol. The summed E-state index contributed by atoms with van der Waals surface area (Å²) >= 11 is 0. The van der Waals surface area contributed by atoms with Crippen LogP contribution < -0.4 is 0 Å². The Bertz CT molecular complexity index is 456. The van der Waals surface area contributed by atoms with E-state index in [1.807, 2.05) is 58.0 Å². The van der Waals surface area contributed by atoms with Crippen molar-refractivity contribution in [1.29, 1.82) is 0 Å². The Hall–Kier alpha value is -1.57. The molecule has 2 nitrogen and oxygen atoms in total. The van der Waals surface area contributed by atoms with E-state index in [4.69, 9.17) is 4.74 Å². The number of carbonyl (C=O) groups is 1. The van der Waals surface area contributed by atoms with Crippen molar-refractivity contribution in [3.63, 3.8) is 0 Å². The summed E-state index contributed by atoms with van der Waals surface area (Å²) in [4.78, 5) is 12.1. The smallest absolute Gasteiger partial charge is 0.339 e. The van der Waals surface area contributed by atoms with Gasteiger partial charge in [0, 0.05) is 0 Å². The first-order valence-corrected chi connectivity index (χ1v) is 6.34. The summed E-state index contributed by atoms with van der Waals surface area (Å²) in [6.45, 7) is 9.77. The molecule has 0 aromatic heterocycles. The van der Waals surface area contributed by atoms with Crippen molar-refractivity contribution in [3.8, 4) is 0 Å². The highest BCUT2D eigenvalue weighted by atomic mass is 16.6. The van der Waals surface area contributed by atoms with Crippen molar-refractivity contribution < 1.29 is 9.53 Å². The fraction of sp³-hybridized carbons (Fsp3) is 0.438. The van der Waals surface area contributed by atoms with Gasteiger partial charge in [-0.1, -0.05) is 30.7 Å². The van der Waals surface area contributed by atoms with E-state index in [0.29, 0.717) is 5.56 Å². The summed E-state index contributed by atoms with van der Waals surface area (Å²) in [5.74, 6) is -0.266. The number of hydrogen-bond acceptors (Lipinski definition) is 2. The molecule has 98 valence electrons. The molecule has 18 heavy (non-hydrogen) atoms. The molecule has 1 aromatic rings. The van der Waals surface area contributed by atoms with Gasteiger partial charge < -0.3 is 4.74 Å². The van der Waals surface area contributed by atoms with Crippen molar-refractivity contribution in [2.75, 3.05) is 0 Å². The van der Waals surface area contributed by atoms with Crippen LogP contribution in [0.1, 0.15) is 48.7 Å². The van der Waals surface area contributed by atoms with E-state index in [0.717, 1.165) is 17.5 Å². The highest BCUT2D eigenvalue weighted by molar-refractivity contribution is 5.91. The maximum atomic E-state index is 12.1. The second kappa shape index (κ2) is 5.85. The second-order valence-electron chi connectivity index (χ2n) is 5.12. The van der Waals surface area contributed by atoms with Gasteiger partial charge in [-0.25, -0.2) is 4.79 Å². The van der Waals surface area contributed by atoms with E-state index in [2.05, 4.69) is 6.92 Å². The Morgan fingerprint density at radius 1 is 1.33 bits per heavy atom. The maximum absolute atomic E-state index is 12.1. The highest BCUT2D eigenvalue weighted by Crippen LogP contribution is 2.18. The minimum absolute atomic E-state index is 0.266. The molecule has 0 heterocycles. The van der Waals surface area contributed by atoms with Gasteiger partial charge in [-0.2, -0.15) is 0 Å². The number of benzene rings is 1. The van der Waals surface area contributed by atoms with Gasteiger partial charge in [-0.05, 0) is 51.8 Å². The van der Waals surface area contributed by atoms with Gasteiger partial charge in [0.25, 0.3) is 0 Å². The van der Waals surface area contributed by atoms with Crippen LogP contribution in [-0.4, -0.2) is 11.6 Å². The standard InChI is InChI=1S/C16H22O2/c1-6-7-10-16(4,5)18-15(17)14-9-8-12(2)11-13(14)3/h7-11H,6H2,1-5H3/b10-7-. The van der Waals surface area contributed by atoms with Crippen LogP contribution in [0.2, 0.25) is 0 Å². The molecule has 0 fully saturated rings. The third kappa shape index (κ3) is 4.02. The first-order valence-electron chi connectivity index (χ1n) is 6.34. The summed E-state index contributed by atoms with van der Waals surface area (Å²) in [6, 6.07) is 5.75. The van der Waals surface area contributed by atoms with Crippen LogP contribution in [-0.2, 0) is 4.74 Å². The quantitative estimate of drug-likeness (QED) is 0.587. The fourth-order valence-electron chi connectivity index (χ4n) is 1.77. The number of aryl methyl sites for hydroxylation is 2. The molecular weight excluding hydrogens is 224 g/mol. The molecule has 0 N–H and O–H groups in total. The van der Waals surface area contributed by atoms with E-state index in [1.54, 1.807) is 0 Å². The molecule has 1 rings (SSSR count). The zero-order chi connectivity index (χ0) is 13.8. The molecule has 0 spiro atoms. The molecule has 0 aliphatic heterocycles. The molecule has 0 saturated carbocycles. The van der Waals surface area contributed by atoms with Crippen LogP contribution in [0, 0.1) is 13.8 Å². The summed E-state index contributed by atoms with van der Waals surface area (Å²) in [6.07, 6.45) is 4.87. The lowest BCUT2D eigenvalue weighted by Crippen LogP contribution is -2.26. The maximum Gasteiger partial charge on any atom is 0.339 e. The van der Waals surface area contributed by atoms with Crippen molar-refractivity contribution in [1.82, 2.24) is 0 Å². The molecule has 2 heteroatoms. The first-order chi connectivity index (χ1) is 8.35. The number of allylic oxidation sites excluding steroid dienone is 1. The van der Waals surface area contributed by atoms with Crippen molar-refractivity contribution in [3.05, 3.63) is 47.0 Å². The number of esters is 1. The largest absolute Gasteiger partial charge is 0.452 e. The van der Waals surface area contributed by atoms with Crippen LogP contribution in [0.5, 0.6) is 0 Å². The van der Waals surface area contributed by atoms with E-state index in [9.17, 15) is 4.79 Å². The number of carbonyl (C=O) groups excluding carboxylic acids is 1. The lowest BCUT2D eigenvalue weighted by atomic mass is 10.0. The van der Waals surface area contributed by atoms with Gasteiger partial charge in [-0.15, -0.1) is 0 Å². The lowest BCUT2D eigenvalue weighted by Gasteiger charge is -2.22. The van der Waals surface area contributed by atoms with Gasteiger partial charge in [0.1, 0.15) is 5.60 Å². The topological polar surface area (TPSA) is 26.3 Å². The molecule has 0 unspecified atom stereocenters. The Morgan fingerprint density at radius 2 is 2.00 bits per heavy atom. The molecule has 0 aliphatic carbocycles. The minimum Gasteiger partial charge on any atom is -0.452 e. The summed E-state index contributed by atoms with van der Waals surface area (Å²) in [7, 11) is 0. The van der Waals surface area contributed by atoms with Gasteiger partial charge in [0.05, 0.1) is 5.56 Å². The molecule has 0 bridgehead atoms. The molecule has 0 atom stereocenters. The van der Waals surface area contributed by atoms with Crippen molar-refractivity contribution >= 4 is 5.97 Å². The third-order valence-electron chi connectivity index (χ3n) is 2.71. The van der Waals surface area contributed by atoms with Crippen molar-refractivity contribution in [2.45, 2.75) is 46.6 Å². The summed E-state index contributed by atoms with van der Waals surface area (Å²) in [5.41, 5.74) is 2.17. The average Bonchev–Trinajstić information content (AvgIpc) is 2.25. The molecule has 0 saturated heterocycles. The minimum atomic E-state index is -0.565. The van der Waals surface area contributed by atoms with Crippen molar-refractivity contribution in [2.24, 2.45) is 0 Å². The SMILES string of the molecule is CC/C=C\C(C)(C)OC(=O)c1ccc(C)cc1C. The number of hydrogen-bond donors (Lipinski definition) is 0. The van der Waals surface area contributed by atoms with Gasteiger partial charge in [0.2, 0.25) is 0 Å². The molecule has 0 amide bonds. The Kier molecular flexibility index (Phi) is 4.71. The van der Waals surface area contributed by atoms with E-state index >= 15 is 0 Å². The first kappa shape index (κ1) is 14.5. The third-order valence-corrected chi connectivity index (χ3v) is 2.71. The molecule has 0 aliphatic rings. The number of rotatable bonds is 4. The van der Waals surface area contributed by atoms with E-state index < -0.39 is 5.60 Å². The molecule has 1 aromatic carbocycles. The van der Waals surface area contributed by atoms with E-state index in [-0.39, 0.29) is 5.97 Å². The normalized spacial score (nSPS) is 11.8. The molecule has 0 radical (unpaired) electrons. The zero-order valence-corrected chi connectivity index (χ0v) is 11.9. The second-order valence-corrected chi connectivity index (χ2v) is 5.12. The Morgan fingerprint density at radius 3 is 2.56 bits per heavy atom. The highest BCUT2D eigenvalue weighted by Gasteiger charge is 2.21. The van der Waals surface area contributed by atoms with Crippen LogP contribution in [0.4, 0.5) is 0 Å². The predicted molar refractivity (Wildman–Crippen MR) is 74.8 cm³/mol. The van der Waals surface area contributed by atoms with Crippen LogP contribution in [0.25, 0.3) is 0 Å². The van der Waals surface area contributed by atoms with E-state index in [1.165, 1.54) is 0 Å². The summed E-state index contributed by atoms with van der Waals surface area (Å²) in [5, 5.41) is 0. The van der Waals surface area contributed by atoms with Crippen LogP contribution in [0.15, 0.2) is 30.4 Å². The van der Waals surface area contributed by atoms with Gasteiger partial charge in [-0.3, -0.25) is 0 Å². The predicted octanol–water partition coefficient (Wildman–Crippen LogP) is 4.21. The lowest BCUT2D eigenvalue weighted by molar-refractivity contribution is 0.0172. The fourth-order valence-corrected chi connectivity index (χ4v) is 1.77. The Balaban J connectivity index is 2.85. The Labute approximate surface area is 110 Å². The zero-order valence-electron chi connectivity index (χ0n) is 11.9. The van der Waals surface area contributed by atoms with Crippen LogP contribution in [0.3, 0.4) is 0 Å². The molecular formula is C16H22O2.